The number of rotatable bonds is 4. The van der Waals surface area contributed by atoms with Crippen molar-refractivity contribution in [2.75, 3.05) is 0 Å². The van der Waals surface area contributed by atoms with Gasteiger partial charge in [0.15, 0.2) is 0 Å². The normalized spacial score (nSPS) is 11.1. The summed E-state index contributed by atoms with van der Waals surface area (Å²) in [6.07, 6.45) is 4.44. The lowest BCUT2D eigenvalue weighted by atomic mass is 10.2. The van der Waals surface area contributed by atoms with Crippen molar-refractivity contribution in [3.8, 4) is 0 Å². The predicted molar refractivity (Wildman–Crippen MR) is 80.6 cm³/mol. The minimum absolute atomic E-state index is 0.529. The van der Waals surface area contributed by atoms with Crippen molar-refractivity contribution in [1.82, 2.24) is 0 Å². The van der Waals surface area contributed by atoms with E-state index in [1.807, 2.05) is 30.3 Å². The van der Waals surface area contributed by atoms with E-state index in [2.05, 4.69) is 5.16 Å². The molecule has 0 heterocycles. The monoisotopic (exact) mass is 285 g/mol. The molecule has 20 heavy (non-hydrogen) atoms. The Morgan fingerprint density at radius 2 is 1.70 bits per heavy atom. The van der Waals surface area contributed by atoms with Gasteiger partial charge in [0.05, 0.1) is 6.21 Å². The first-order valence-electron chi connectivity index (χ1n) is 5.97. The molecule has 0 fully saturated rings. The molecule has 2 aromatic rings. The molecule has 0 N–H and O–H groups in total. The van der Waals surface area contributed by atoms with Crippen molar-refractivity contribution in [1.29, 1.82) is 0 Å². The maximum absolute atomic E-state index is 11.4. The highest BCUT2D eigenvalue weighted by Crippen LogP contribution is 2.08. The SMILES string of the molecule is O=C(/C=C\c1ccccc1)ON=Cc1ccc(Cl)cc1. The molecule has 0 aromatic heterocycles. The highest BCUT2D eigenvalue weighted by Gasteiger charge is 1.95. The van der Waals surface area contributed by atoms with Crippen LogP contribution in [0.2, 0.25) is 5.02 Å². The Morgan fingerprint density at radius 3 is 2.40 bits per heavy atom. The molecule has 0 amide bonds. The van der Waals surface area contributed by atoms with Crippen LogP contribution in [-0.4, -0.2) is 12.2 Å². The number of halogens is 1. The molecular weight excluding hydrogens is 274 g/mol. The molecule has 3 nitrogen and oxygen atoms in total. The zero-order valence-electron chi connectivity index (χ0n) is 10.6. The first-order valence-corrected chi connectivity index (χ1v) is 6.35. The minimum atomic E-state index is -0.529. The average Bonchev–Trinajstić information content (AvgIpc) is 2.48. The van der Waals surface area contributed by atoms with E-state index in [1.54, 1.807) is 30.3 Å². The van der Waals surface area contributed by atoms with Crippen LogP contribution in [0.5, 0.6) is 0 Å². The summed E-state index contributed by atoms with van der Waals surface area (Å²) in [5, 5.41) is 4.26. The summed E-state index contributed by atoms with van der Waals surface area (Å²) in [6, 6.07) is 16.5. The summed E-state index contributed by atoms with van der Waals surface area (Å²) < 4.78 is 0. The van der Waals surface area contributed by atoms with Gasteiger partial charge in [0.1, 0.15) is 0 Å². The summed E-state index contributed by atoms with van der Waals surface area (Å²) in [4.78, 5) is 16.1. The maximum atomic E-state index is 11.4. The molecule has 2 aromatic carbocycles. The van der Waals surface area contributed by atoms with Crippen molar-refractivity contribution in [2.45, 2.75) is 0 Å². The minimum Gasteiger partial charge on any atom is -0.313 e. The molecule has 4 heteroatoms. The molecule has 0 saturated heterocycles. The van der Waals surface area contributed by atoms with Crippen molar-refractivity contribution in [2.24, 2.45) is 5.16 Å². The molecule has 2 rings (SSSR count). The zero-order chi connectivity index (χ0) is 14.2. The second kappa shape index (κ2) is 7.26. The van der Waals surface area contributed by atoms with Crippen molar-refractivity contribution < 1.29 is 9.63 Å². The van der Waals surface area contributed by atoms with Crippen LogP contribution in [0.15, 0.2) is 65.8 Å². The van der Waals surface area contributed by atoms with Gasteiger partial charge in [-0.2, -0.15) is 0 Å². The van der Waals surface area contributed by atoms with Gasteiger partial charge in [0.25, 0.3) is 0 Å². The molecular formula is C16H12ClNO2. The van der Waals surface area contributed by atoms with Crippen LogP contribution in [-0.2, 0) is 9.63 Å². The maximum Gasteiger partial charge on any atom is 0.358 e. The van der Waals surface area contributed by atoms with E-state index in [4.69, 9.17) is 16.4 Å². The van der Waals surface area contributed by atoms with Gasteiger partial charge < -0.3 is 4.84 Å². The van der Waals surface area contributed by atoms with Gasteiger partial charge >= 0.3 is 5.97 Å². The summed E-state index contributed by atoms with van der Waals surface area (Å²) in [6.45, 7) is 0. The van der Waals surface area contributed by atoms with E-state index in [-0.39, 0.29) is 0 Å². The molecule has 0 saturated carbocycles. The fraction of sp³-hybridized carbons (Fsp3) is 0. The van der Waals surface area contributed by atoms with Crippen LogP contribution in [0, 0.1) is 0 Å². The Labute approximate surface area is 122 Å². The molecule has 0 bridgehead atoms. The highest BCUT2D eigenvalue weighted by molar-refractivity contribution is 6.30. The first-order chi connectivity index (χ1) is 9.74. The van der Waals surface area contributed by atoms with Crippen LogP contribution in [0.1, 0.15) is 11.1 Å². The van der Waals surface area contributed by atoms with Crippen LogP contribution in [0.3, 0.4) is 0 Å². The van der Waals surface area contributed by atoms with Crippen molar-refractivity contribution in [3.63, 3.8) is 0 Å². The van der Waals surface area contributed by atoms with Crippen molar-refractivity contribution in [3.05, 3.63) is 76.8 Å². The number of benzene rings is 2. The zero-order valence-corrected chi connectivity index (χ0v) is 11.3. The second-order valence-electron chi connectivity index (χ2n) is 3.94. The predicted octanol–water partition coefficient (Wildman–Crippen LogP) is 3.93. The first kappa shape index (κ1) is 14.0. The Morgan fingerprint density at radius 1 is 1.00 bits per heavy atom. The molecule has 100 valence electrons. The fourth-order valence-electron chi connectivity index (χ4n) is 1.45. The van der Waals surface area contributed by atoms with Crippen LogP contribution < -0.4 is 0 Å². The van der Waals surface area contributed by atoms with Gasteiger partial charge in [-0.25, -0.2) is 4.79 Å². The van der Waals surface area contributed by atoms with Gasteiger partial charge in [-0.1, -0.05) is 59.2 Å². The highest BCUT2D eigenvalue weighted by atomic mass is 35.5. The number of carbonyl (C=O) groups excluding carboxylic acids is 1. The molecule has 0 aliphatic heterocycles. The second-order valence-corrected chi connectivity index (χ2v) is 4.38. The molecule has 0 unspecified atom stereocenters. The van der Waals surface area contributed by atoms with E-state index in [1.165, 1.54) is 12.3 Å². The van der Waals surface area contributed by atoms with Gasteiger partial charge in [0.2, 0.25) is 0 Å². The smallest absolute Gasteiger partial charge is 0.313 e. The molecule has 0 spiro atoms. The molecule has 0 atom stereocenters. The van der Waals surface area contributed by atoms with E-state index in [9.17, 15) is 4.79 Å². The Balaban J connectivity index is 1.86. The summed E-state index contributed by atoms with van der Waals surface area (Å²) in [5.74, 6) is -0.529. The Kier molecular flexibility index (Phi) is 5.09. The molecule has 0 aliphatic rings. The standard InChI is InChI=1S/C16H12ClNO2/c17-15-9-6-14(7-10-15)12-18-20-16(19)11-8-13-4-2-1-3-5-13/h1-12H/b11-8-,18-12?. The third-order valence-corrected chi connectivity index (χ3v) is 2.68. The Bertz CT molecular complexity index is 619. The Hall–Kier alpha value is -2.39. The number of oxime groups is 1. The third-order valence-electron chi connectivity index (χ3n) is 2.43. The van der Waals surface area contributed by atoms with Crippen LogP contribution >= 0.6 is 11.6 Å². The molecule has 0 aliphatic carbocycles. The summed E-state index contributed by atoms with van der Waals surface area (Å²) >= 11 is 5.76. The lowest BCUT2D eigenvalue weighted by Crippen LogP contribution is -1.94. The van der Waals surface area contributed by atoms with Gasteiger partial charge in [-0.15, -0.1) is 0 Å². The number of carbonyl (C=O) groups is 1. The number of hydrogen-bond donors (Lipinski definition) is 0. The average molecular weight is 286 g/mol. The summed E-state index contributed by atoms with van der Waals surface area (Å²) in [5.41, 5.74) is 1.72. The number of hydrogen-bond acceptors (Lipinski definition) is 3. The largest absolute Gasteiger partial charge is 0.358 e. The van der Waals surface area contributed by atoms with Gasteiger partial charge in [-0.3, -0.25) is 0 Å². The van der Waals surface area contributed by atoms with Crippen LogP contribution in [0.4, 0.5) is 0 Å². The van der Waals surface area contributed by atoms with E-state index < -0.39 is 5.97 Å². The lowest BCUT2D eigenvalue weighted by Gasteiger charge is -1.94. The molecule has 0 radical (unpaired) electrons. The van der Waals surface area contributed by atoms with E-state index in [0.717, 1.165) is 11.1 Å². The topological polar surface area (TPSA) is 38.7 Å². The fourth-order valence-corrected chi connectivity index (χ4v) is 1.57. The van der Waals surface area contributed by atoms with Gasteiger partial charge in [0, 0.05) is 11.1 Å². The number of nitrogens with zero attached hydrogens (tertiary/aromatic N) is 1. The lowest BCUT2D eigenvalue weighted by molar-refractivity contribution is -0.137. The van der Waals surface area contributed by atoms with Gasteiger partial charge in [-0.05, 0) is 29.3 Å². The third kappa shape index (κ3) is 4.71. The van der Waals surface area contributed by atoms with Crippen molar-refractivity contribution >= 4 is 29.9 Å². The van der Waals surface area contributed by atoms with E-state index in [0.29, 0.717) is 5.02 Å². The van der Waals surface area contributed by atoms with E-state index >= 15 is 0 Å². The quantitative estimate of drug-likeness (QED) is 0.369. The summed E-state index contributed by atoms with van der Waals surface area (Å²) in [7, 11) is 0. The van der Waals surface area contributed by atoms with Crippen LogP contribution in [0.25, 0.3) is 6.08 Å².